The zero-order valence-corrected chi connectivity index (χ0v) is 19.2. The molecule has 1 aliphatic heterocycles. The number of hydrogen-bond donors (Lipinski definition) is 0. The maximum atomic E-state index is 13.2. The number of halogens is 2. The fraction of sp³-hybridized carbons (Fsp3) is 0.250. The van der Waals surface area contributed by atoms with Crippen molar-refractivity contribution in [3.05, 3.63) is 87.9 Å². The second-order valence-corrected chi connectivity index (χ2v) is 8.43. The lowest BCUT2D eigenvalue weighted by Crippen LogP contribution is -2.47. The topological polar surface area (TPSA) is 80.3 Å². The summed E-state index contributed by atoms with van der Waals surface area (Å²) in [5, 5.41) is 12.8. The van der Waals surface area contributed by atoms with Crippen molar-refractivity contribution >= 4 is 17.3 Å². The molecule has 2 aromatic heterocycles. The molecular formula is C24H22ClFN6O2. The van der Waals surface area contributed by atoms with E-state index in [1.165, 1.54) is 16.8 Å². The van der Waals surface area contributed by atoms with Crippen LogP contribution >= 0.6 is 11.6 Å². The first-order chi connectivity index (χ1) is 16.5. The lowest BCUT2D eigenvalue weighted by molar-refractivity contribution is 0.173. The van der Waals surface area contributed by atoms with Crippen LogP contribution in [0.3, 0.4) is 0 Å². The van der Waals surface area contributed by atoms with Gasteiger partial charge in [-0.2, -0.15) is 9.78 Å². The predicted molar refractivity (Wildman–Crippen MR) is 127 cm³/mol. The van der Waals surface area contributed by atoms with Gasteiger partial charge in [0.2, 0.25) is 11.8 Å². The molecule has 0 bridgehead atoms. The van der Waals surface area contributed by atoms with Crippen molar-refractivity contribution in [1.82, 2.24) is 24.9 Å². The van der Waals surface area contributed by atoms with Gasteiger partial charge < -0.3 is 9.32 Å². The zero-order chi connectivity index (χ0) is 23.7. The van der Waals surface area contributed by atoms with E-state index in [-0.39, 0.29) is 22.4 Å². The first-order valence-electron chi connectivity index (χ1n) is 10.9. The van der Waals surface area contributed by atoms with Crippen molar-refractivity contribution < 1.29 is 8.81 Å². The normalized spacial score (nSPS) is 15.4. The summed E-state index contributed by atoms with van der Waals surface area (Å²) in [7, 11) is 0. The summed E-state index contributed by atoms with van der Waals surface area (Å²) in [6.07, 6.45) is 1.64. The molecule has 8 nitrogen and oxygen atoms in total. The molecule has 10 heteroatoms. The Labute approximate surface area is 200 Å². The second kappa shape index (κ2) is 9.36. The summed E-state index contributed by atoms with van der Waals surface area (Å²) in [6, 6.07) is 15.0. The van der Waals surface area contributed by atoms with Crippen LogP contribution in [0.4, 0.5) is 10.1 Å². The van der Waals surface area contributed by atoms with Gasteiger partial charge in [-0.15, -0.1) is 10.2 Å². The fourth-order valence-corrected chi connectivity index (χ4v) is 4.26. The molecule has 0 N–H and O–H groups in total. The summed E-state index contributed by atoms with van der Waals surface area (Å²) in [6.45, 7) is 4.77. The molecule has 0 spiro atoms. The molecule has 1 atom stereocenters. The molecule has 0 aliphatic carbocycles. The van der Waals surface area contributed by atoms with E-state index in [1.54, 1.807) is 18.3 Å². The van der Waals surface area contributed by atoms with Crippen LogP contribution in [0.15, 0.2) is 70.0 Å². The zero-order valence-electron chi connectivity index (χ0n) is 18.4. The minimum absolute atomic E-state index is 0.0940. The Balaban J connectivity index is 1.26. The monoisotopic (exact) mass is 480 g/mol. The van der Waals surface area contributed by atoms with Crippen molar-refractivity contribution in [2.24, 2.45) is 0 Å². The number of anilines is 1. The second-order valence-electron chi connectivity index (χ2n) is 8.05. The van der Waals surface area contributed by atoms with Gasteiger partial charge in [0.05, 0.1) is 23.6 Å². The third-order valence-corrected chi connectivity index (χ3v) is 6.35. The molecule has 4 aromatic rings. The molecule has 5 rings (SSSR count). The number of rotatable bonds is 5. The third-order valence-electron chi connectivity index (χ3n) is 5.99. The highest BCUT2D eigenvalue weighted by molar-refractivity contribution is 6.33. The minimum atomic E-state index is -0.347. The first kappa shape index (κ1) is 22.2. The van der Waals surface area contributed by atoms with Crippen molar-refractivity contribution in [1.29, 1.82) is 0 Å². The van der Waals surface area contributed by atoms with Crippen LogP contribution in [0.25, 0.3) is 17.1 Å². The van der Waals surface area contributed by atoms with E-state index < -0.39 is 0 Å². The van der Waals surface area contributed by atoms with Crippen molar-refractivity contribution in [2.75, 3.05) is 31.1 Å². The Morgan fingerprint density at radius 3 is 2.41 bits per heavy atom. The van der Waals surface area contributed by atoms with Crippen LogP contribution in [0, 0.1) is 5.82 Å². The Bertz CT molecular complexity index is 1330. The summed E-state index contributed by atoms with van der Waals surface area (Å²) in [4.78, 5) is 17.1. The molecule has 1 aliphatic rings. The predicted octanol–water partition coefficient (Wildman–Crippen LogP) is 3.96. The molecule has 1 fully saturated rings. The molecule has 0 saturated carbocycles. The van der Waals surface area contributed by atoms with Crippen molar-refractivity contribution in [3.8, 4) is 17.1 Å². The van der Waals surface area contributed by atoms with Gasteiger partial charge in [0.15, 0.2) is 0 Å². The summed E-state index contributed by atoms with van der Waals surface area (Å²) in [5.74, 6) is 0.540. The lowest BCUT2D eigenvalue weighted by atomic mass is 10.2. The van der Waals surface area contributed by atoms with Crippen LogP contribution in [0.5, 0.6) is 0 Å². The van der Waals surface area contributed by atoms with Crippen molar-refractivity contribution in [2.45, 2.75) is 13.0 Å². The van der Waals surface area contributed by atoms with E-state index >= 15 is 0 Å². The van der Waals surface area contributed by atoms with Crippen molar-refractivity contribution in [3.63, 3.8) is 0 Å². The van der Waals surface area contributed by atoms with Crippen LogP contribution in [-0.4, -0.2) is 51.1 Å². The average molecular weight is 481 g/mol. The van der Waals surface area contributed by atoms with Gasteiger partial charge in [0, 0.05) is 31.7 Å². The number of para-hydroxylation sites is 1. The van der Waals surface area contributed by atoms with Gasteiger partial charge in [-0.05, 0) is 43.3 Å². The van der Waals surface area contributed by atoms with E-state index in [4.69, 9.17) is 16.0 Å². The number of hydrogen-bond acceptors (Lipinski definition) is 7. The Morgan fingerprint density at radius 2 is 1.71 bits per heavy atom. The van der Waals surface area contributed by atoms with E-state index in [1.807, 2.05) is 37.3 Å². The first-order valence-corrected chi connectivity index (χ1v) is 11.3. The van der Waals surface area contributed by atoms with E-state index in [0.29, 0.717) is 54.9 Å². The average Bonchev–Trinajstić information content (AvgIpc) is 3.37. The van der Waals surface area contributed by atoms with Gasteiger partial charge in [0.25, 0.3) is 5.56 Å². The maximum absolute atomic E-state index is 13.2. The largest absolute Gasteiger partial charge is 0.419 e. The standard InChI is InChI=1S/C24H22ClFN6O2/c1-16(22-28-29-23(34-22)17-7-9-18(26)10-8-17)30-11-13-31(14-12-30)20-15-27-32(24(33)21(20)25)19-5-3-2-4-6-19/h2-10,15-16H,11-14H2,1H3/t16-/m0/s1. The highest BCUT2D eigenvalue weighted by Crippen LogP contribution is 2.27. The molecule has 174 valence electrons. The van der Waals surface area contributed by atoms with Gasteiger partial charge in [-0.1, -0.05) is 29.8 Å². The minimum Gasteiger partial charge on any atom is -0.419 e. The molecule has 34 heavy (non-hydrogen) atoms. The summed E-state index contributed by atoms with van der Waals surface area (Å²) >= 11 is 6.46. The van der Waals surface area contributed by atoms with E-state index in [0.717, 1.165) is 0 Å². The summed E-state index contributed by atoms with van der Waals surface area (Å²) < 4.78 is 20.3. The number of nitrogens with zero attached hydrogens (tertiary/aromatic N) is 6. The molecule has 0 radical (unpaired) electrons. The molecule has 2 aromatic carbocycles. The third kappa shape index (κ3) is 4.32. The van der Waals surface area contributed by atoms with Crippen LogP contribution in [0.1, 0.15) is 18.9 Å². The van der Waals surface area contributed by atoms with Crippen LogP contribution in [0.2, 0.25) is 5.02 Å². The smallest absolute Gasteiger partial charge is 0.292 e. The number of piperazine rings is 1. The molecule has 0 unspecified atom stereocenters. The number of aromatic nitrogens is 4. The summed E-state index contributed by atoms with van der Waals surface area (Å²) in [5.41, 5.74) is 1.62. The molecule has 0 amide bonds. The fourth-order valence-electron chi connectivity index (χ4n) is 4.02. The maximum Gasteiger partial charge on any atom is 0.292 e. The molecule has 3 heterocycles. The van der Waals surface area contributed by atoms with E-state index in [9.17, 15) is 9.18 Å². The van der Waals surface area contributed by atoms with Gasteiger partial charge in [-0.25, -0.2) is 4.39 Å². The van der Waals surface area contributed by atoms with Crippen LogP contribution in [-0.2, 0) is 0 Å². The van der Waals surface area contributed by atoms with Gasteiger partial charge >= 0.3 is 0 Å². The molecular weight excluding hydrogens is 459 g/mol. The highest BCUT2D eigenvalue weighted by Gasteiger charge is 2.27. The highest BCUT2D eigenvalue weighted by atomic mass is 35.5. The van der Waals surface area contributed by atoms with Gasteiger partial charge in [-0.3, -0.25) is 9.69 Å². The van der Waals surface area contributed by atoms with E-state index in [2.05, 4.69) is 25.1 Å². The van der Waals surface area contributed by atoms with Crippen LogP contribution < -0.4 is 10.5 Å². The SMILES string of the molecule is C[C@@H](c1nnc(-c2ccc(F)cc2)o1)N1CCN(c2cnn(-c3ccccc3)c(=O)c2Cl)CC1. The Kier molecular flexibility index (Phi) is 6.12. The van der Waals surface area contributed by atoms with Gasteiger partial charge in [0.1, 0.15) is 10.8 Å². The lowest BCUT2D eigenvalue weighted by Gasteiger charge is -2.38. The number of benzene rings is 2. The Hall–Kier alpha value is -3.56. The Morgan fingerprint density at radius 1 is 1.00 bits per heavy atom. The quantitative estimate of drug-likeness (QED) is 0.427. The molecule has 1 saturated heterocycles.